The third kappa shape index (κ3) is 4.00. The minimum atomic E-state index is -3.62. The Morgan fingerprint density at radius 2 is 2.10 bits per heavy atom. The highest BCUT2D eigenvalue weighted by atomic mass is 32.2. The number of hydrogen-bond donors (Lipinski definition) is 0. The van der Waals surface area contributed by atoms with Gasteiger partial charge < -0.3 is 4.74 Å². The van der Waals surface area contributed by atoms with Crippen LogP contribution >= 0.6 is 11.3 Å². The van der Waals surface area contributed by atoms with Crippen molar-refractivity contribution in [3.05, 3.63) is 57.7 Å². The Morgan fingerprint density at radius 1 is 1.33 bits per heavy atom. The molecule has 0 amide bonds. The summed E-state index contributed by atoms with van der Waals surface area (Å²) >= 11 is 1.35. The lowest BCUT2D eigenvalue weighted by molar-refractivity contribution is -0.151. The highest BCUT2D eigenvalue weighted by Gasteiger charge is 2.33. The monoisotopic (exact) mass is 448 g/mol. The van der Waals surface area contributed by atoms with Gasteiger partial charge in [-0.05, 0) is 31.9 Å². The molecule has 0 aliphatic carbocycles. The van der Waals surface area contributed by atoms with E-state index >= 15 is 0 Å². The molecule has 0 N–H and O–H groups in total. The van der Waals surface area contributed by atoms with Crippen molar-refractivity contribution < 1.29 is 17.9 Å². The number of fused-ring (bicyclic) bond motifs is 1. The zero-order chi connectivity index (χ0) is 21.3. The van der Waals surface area contributed by atoms with E-state index in [0.717, 1.165) is 5.69 Å². The van der Waals surface area contributed by atoms with Gasteiger partial charge in [-0.1, -0.05) is 0 Å². The Bertz CT molecular complexity index is 1230. The van der Waals surface area contributed by atoms with Crippen LogP contribution in [0.5, 0.6) is 0 Å². The van der Waals surface area contributed by atoms with Crippen LogP contribution in [0.1, 0.15) is 24.2 Å². The second-order valence-electron chi connectivity index (χ2n) is 7.06. The molecule has 0 atom stereocenters. The van der Waals surface area contributed by atoms with Crippen LogP contribution in [0.15, 0.2) is 45.7 Å². The molecule has 1 aliphatic rings. The smallest absolute Gasteiger partial charge is 0.309 e. The fourth-order valence-electron chi connectivity index (χ4n) is 3.42. The SMILES string of the molecule is Cc1csc2nc(COC(=O)C3CCN(S(=O)(=O)c4cccnc4)CC3)cc(=O)n12. The average molecular weight is 449 g/mol. The van der Waals surface area contributed by atoms with Crippen LogP contribution in [-0.2, 0) is 26.2 Å². The average Bonchev–Trinajstić information content (AvgIpc) is 3.14. The minimum absolute atomic E-state index is 0.0876. The van der Waals surface area contributed by atoms with Crippen LogP contribution in [0.3, 0.4) is 0 Å². The molecule has 30 heavy (non-hydrogen) atoms. The molecule has 0 saturated carbocycles. The fourth-order valence-corrected chi connectivity index (χ4v) is 5.74. The molecule has 0 bridgehead atoms. The van der Waals surface area contributed by atoms with Gasteiger partial charge in [0.25, 0.3) is 5.56 Å². The second-order valence-corrected chi connectivity index (χ2v) is 9.83. The summed E-state index contributed by atoms with van der Waals surface area (Å²) in [5, 5.41) is 1.84. The number of ether oxygens (including phenoxy) is 1. The summed E-state index contributed by atoms with van der Waals surface area (Å²) in [4.78, 5) is 33.6. The molecule has 3 aromatic rings. The summed E-state index contributed by atoms with van der Waals surface area (Å²) in [7, 11) is -3.62. The van der Waals surface area contributed by atoms with Gasteiger partial charge in [0.1, 0.15) is 11.5 Å². The van der Waals surface area contributed by atoms with E-state index in [1.54, 1.807) is 6.07 Å². The molecular weight excluding hydrogens is 428 g/mol. The molecule has 9 nitrogen and oxygen atoms in total. The predicted molar refractivity (Wildman–Crippen MR) is 110 cm³/mol. The van der Waals surface area contributed by atoms with Crippen molar-refractivity contribution in [1.82, 2.24) is 18.7 Å². The summed E-state index contributed by atoms with van der Waals surface area (Å²) in [6.07, 6.45) is 3.58. The predicted octanol–water partition coefficient (Wildman–Crippen LogP) is 1.60. The van der Waals surface area contributed by atoms with Crippen molar-refractivity contribution in [2.75, 3.05) is 13.1 Å². The normalized spacial score (nSPS) is 16.0. The van der Waals surface area contributed by atoms with E-state index in [0.29, 0.717) is 23.5 Å². The van der Waals surface area contributed by atoms with E-state index in [9.17, 15) is 18.0 Å². The van der Waals surface area contributed by atoms with Crippen molar-refractivity contribution in [1.29, 1.82) is 0 Å². The van der Waals surface area contributed by atoms with Crippen LogP contribution < -0.4 is 5.56 Å². The number of aromatic nitrogens is 3. The maximum atomic E-state index is 12.6. The first-order valence-electron chi connectivity index (χ1n) is 9.40. The zero-order valence-corrected chi connectivity index (χ0v) is 17.9. The molecule has 4 heterocycles. The van der Waals surface area contributed by atoms with Crippen LogP contribution in [0.25, 0.3) is 4.96 Å². The van der Waals surface area contributed by atoms with Gasteiger partial charge >= 0.3 is 5.97 Å². The van der Waals surface area contributed by atoms with Gasteiger partial charge in [0.2, 0.25) is 10.0 Å². The van der Waals surface area contributed by atoms with Gasteiger partial charge in [0.15, 0.2) is 4.96 Å². The number of thiazole rings is 1. The van der Waals surface area contributed by atoms with E-state index in [4.69, 9.17) is 4.74 Å². The summed E-state index contributed by atoms with van der Waals surface area (Å²) < 4.78 is 33.5. The Morgan fingerprint density at radius 3 is 2.80 bits per heavy atom. The van der Waals surface area contributed by atoms with Gasteiger partial charge in [-0.25, -0.2) is 13.4 Å². The summed E-state index contributed by atoms with van der Waals surface area (Å²) in [6.45, 7) is 2.21. The number of piperidine rings is 1. The Hall–Kier alpha value is -2.63. The van der Waals surface area contributed by atoms with Gasteiger partial charge in [-0.2, -0.15) is 4.31 Å². The van der Waals surface area contributed by atoms with Crippen molar-refractivity contribution in [2.24, 2.45) is 5.92 Å². The summed E-state index contributed by atoms with van der Waals surface area (Å²) in [5.74, 6) is -0.794. The molecule has 0 spiro atoms. The van der Waals surface area contributed by atoms with Crippen LogP contribution in [0.2, 0.25) is 0 Å². The largest absolute Gasteiger partial charge is 0.459 e. The van der Waals surface area contributed by atoms with Crippen LogP contribution in [0.4, 0.5) is 0 Å². The molecule has 158 valence electrons. The van der Waals surface area contributed by atoms with Crippen LogP contribution in [0, 0.1) is 12.8 Å². The number of esters is 1. The molecule has 3 aromatic heterocycles. The van der Waals surface area contributed by atoms with Gasteiger partial charge in [-0.3, -0.25) is 19.0 Å². The maximum Gasteiger partial charge on any atom is 0.309 e. The van der Waals surface area contributed by atoms with E-state index in [1.165, 1.54) is 44.6 Å². The lowest BCUT2D eigenvalue weighted by atomic mass is 9.98. The number of aryl methyl sites for hydroxylation is 1. The quantitative estimate of drug-likeness (QED) is 0.545. The summed E-state index contributed by atoms with van der Waals surface area (Å²) in [6, 6.07) is 4.44. The molecule has 4 rings (SSSR count). The minimum Gasteiger partial charge on any atom is -0.459 e. The first-order chi connectivity index (χ1) is 14.4. The van der Waals surface area contributed by atoms with Gasteiger partial charge in [0, 0.05) is 42.6 Å². The Balaban J connectivity index is 1.35. The van der Waals surface area contributed by atoms with E-state index in [2.05, 4.69) is 9.97 Å². The zero-order valence-electron chi connectivity index (χ0n) is 16.2. The number of carbonyl (C=O) groups excluding carboxylic acids is 1. The van der Waals surface area contributed by atoms with Crippen molar-refractivity contribution in [2.45, 2.75) is 31.3 Å². The Kier molecular flexibility index (Phi) is 5.67. The number of sulfonamides is 1. The standard InChI is InChI=1S/C19H20N4O5S2/c1-13-12-29-19-21-15(9-17(24)23(13)19)11-28-18(25)14-4-7-22(8-5-14)30(26,27)16-3-2-6-20-10-16/h2-3,6,9-10,12,14H,4-5,7-8,11H2,1H3. The van der Waals surface area contributed by atoms with Crippen molar-refractivity contribution in [3.63, 3.8) is 0 Å². The summed E-state index contributed by atoms with van der Waals surface area (Å²) in [5.41, 5.74) is 0.995. The molecule has 0 unspecified atom stereocenters. The fraction of sp³-hybridized carbons (Fsp3) is 0.368. The molecule has 1 aliphatic heterocycles. The number of carbonyl (C=O) groups is 1. The highest BCUT2D eigenvalue weighted by Crippen LogP contribution is 2.24. The van der Waals surface area contributed by atoms with Crippen molar-refractivity contribution >= 4 is 32.3 Å². The molecular formula is C19H20N4O5S2. The molecule has 1 saturated heterocycles. The Labute approximate surface area is 177 Å². The maximum absolute atomic E-state index is 12.6. The third-order valence-corrected chi connectivity index (χ3v) is 7.88. The van der Waals surface area contributed by atoms with Gasteiger partial charge in [0.05, 0.1) is 11.6 Å². The van der Waals surface area contributed by atoms with E-state index in [1.807, 2.05) is 12.3 Å². The van der Waals surface area contributed by atoms with Crippen LogP contribution in [-0.4, -0.2) is 46.2 Å². The second kappa shape index (κ2) is 8.25. The molecule has 0 radical (unpaired) electrons. The number of pyridine rings is 1. The van der Waals surface area contributed by atoms with Crippen molar-refractivity contribution in [3.8, 4) is 0 Å². The number of hydrogen-bond acceptors (Lipinski definition) is 8. The first kappa shape index (κ1) is 20.6. The highest BCUT2D eigenvalue weighted by molar-refractivity contribution is 7.89. The lowest BCUT2D eigenvalue weighted by Gasteiger charge is -2.30. The topological polar surface area (TPSA) is 111 Å². The van der Waals surface area contributed by atoms with Gasteiger partial charge in [-0.15, -0.1) is 11.3 Å². The van der Waals surface area contributed by atoms with E-state index < -0.39 is 16.0 Å². The number of rotatable bonds is 5. The lowest BCUT2D eigenvalue weighted by Crippen LogP contribution is -2.40. The third-order valence-electron chi connectivity index (χ3n) is 5.05. The molecule has 1 fully saturated rings. The van der Waals surface area contributed by atoms with E-state index in [-0.39, 0.29) is 36.1 Å². The number of nitrogens with zero attached hydrogens (tertiary/aromatic N) is 4. The molecule has 11 heteroatoms. The first-order valence-corrected chi connectivity index (χ1v) is 11.7. The molecule has 0 aromatic carbocycles.